The number of ether oxygens (including phenoxy) is 1. The molecule has 0 bridgehead atoms. The van der Waals surface area contributed by atoms with E-state index in [1.807, 2.05) is 4.90 Å². The molecule has 2 fully saturated rings. The highest BCUT2D eigenvalue weighted by atomic mass is 127. The summed E-state index contributed by atoms with van der Waals surface area (Å²) in [5, 5.41) is 3.52. The van der Waals surface area contributed by atoms with Gasteiger partial charge in [-0.15, -0.1) is 24.0 Å². The molecule has 0 atom stereocenters. The maximum absolute atomic E-state index is 13.0. The van der Waals surface area contributed by atoms with Gasteiger partial charge in [-0.05, 0) is 50.0 Å². The molecule has 1 N–H and O–H groups in total. The number of hydrogen-bond acceptors (Lipinski definition) is 4. The number of benzene rings is 1. The van der Waals surface area contributed by atoms with Gasteiger partial charge in [0.1, 0.15) is 0 Å². The van der Waals surface area contributed by atoms with Crippen molar-refractivity contribution < 1.29 is 17.9 Å². The van der Waals surface area contributed by atoms with Crippen LogP contribution in [-0.2, 0) is 10.9 Å². The fraction of sp³-hybridized carbons (Fsp3) is 0.682. The molecule has 0 aromatic heterocycles. The third kappa shape index (κ3) is 7.65. The van der Waals surface area contributed by atoms with E-state index in [1.165, 1.54) is 12.1 Å². The van der Waals surface area contributed by atoms with Gasteiger partial charge in [0, 0.05) is 59.1 Å². The fourth-order valence-corrected chi connectivity index (χ4v) is 4.26. The Morgan fingerprint density at radius 2 is 1.81 bits per heavy atom. The minimum Gasteiger partial charge on any atom is -0.383 e. The first kappa shape index (κ1) is 27.0. The molecular weight excluding hydrogens is 534 g/mol. The minimum atomic E-state index is -4.32. The highest BCUT2D eigenvalue weighted by Gasteiger charge is 2.31. The molecule has 182 valence electrons. The normalized spacial score (nSPS) is 19.1. The summed E-state index contributed by atoms with van der Waals surface area (Å²) < 4.78 is 44.2. The first-order valence-electron chi connectivity index (χ1n) is 11.0. The van der Waals surface area contributed by atoms with Crippen molar-refractivity contribution in [2.75, 3.05) is 78.0 Å². The predicted molar refractivity (Wildman–Crippen MR) is 133 cm³/mol. The van der Waals surface area contributed by atoms with Crippen molar-refractivity contribution in [3.63, 3.8) is 0 Å². The summed E-state index contributed by atoms with van der Waals surface area (Å²) >= 11 is 0. The van der Waals surface area contributed by atoms with Crippen molar-refractivity contribution in [1.29, 1.82) is 0 Å². The molecule has 0 radical (unpaired) electrons. The molecule has 2 saturated heterocycles. The molecule has 32 heavy (non-hydrogen) atoms. The molecule has 2 aliphatic rings. The number of hydrogen-bond donors (Lipinski definition) is 1. The Hall–Kier alpha value is -1.27. The molecule has 2 heterocycles. The standard InChI is InChI=1S/C22H34F3N5O.HI/c1-26-21(27-17-18-6-8-28(9-7-18)14-15-31-2)30-12-10-29(11-13-30)20-5-3-4-19(16-20)22(23,24)25;/h3-5,16,18H,6-15,17H2,1-2H3,(H,26,27);1H. The molecule has 10 heteroatoms. The summed E-state index contributed by atoms with van der Waals surface area (Å²) in [5.41, 5.74) is 0.0239. The lowest BCUT2D eigenvalue weighted by atomic mass is 9.97. The zero-order valence-electron chi connectivity index (χ0n) is 18.9. The van der Waals surface area contributed by atoms with Crippen LogP contribution in [0, 0.1) is 5.92 Å². The Morgan fingerprint density at radius 1 is 1.12 bits per heavy atom. The van der Waals surface area contributed by atoms with Gasteiger partial charge < -0.3 is 24.8 Å². The van der Waals surface area contributed by atoms with E-state index >= 15 is 0 Å². The van der Waals surface area contributed by atoms with Crippen LogP contribution < -0.4 is 10.2 Å². The third-order valence-electron chi connectivity index (χ3n) is 6.20. The molecule has 0 saturated carbocycles. The average Bonchev–Trinajstić information content (AvgIpc) is 2.79. The second-order valence-electron chi connectivity index (χ2n) is 8.23. The Bertz CT molecular complexity index is 718. The highest BCUT2D eigenvalue weighted by molar-refractivity contribution is 14.0. The van der Waals surface area contributed by atoms with Gasteiger partial charge in [0.15, 0.2) is 5.96 Å². The first-order chi connectivity index (χ1) is 14.9. The van der Waals surface area contributed by atoms with Gasteiger partial charge in [-0.1, -0.05) is 6.07 Å². The van der Waals surface area contributed by atoms with Crippen molar-refractivity contribution in [3.05, 3.63) is 29.8 Å². The average molecular weight is 569 g/mol. The zero-order valence-corrected chi connectivity index (χ0v) is 21.2. The van der Waals surface area contributed by atoms with E-state index in [0.29, 0.717) is 24.7 Å². The topological polar surface area (TPSA) is 43.3 Å². The minimum absolute atomic E-state index is 0. The lowest BCUT2D eigenvalue weighted by Gasteiger charge is -2.38. The van der Waals surface area contributed by atoms with Gasteiger partial charge in [-0.2, -0.15) is 13.2 Å². The summed E-state index contributed by atoms with van der Waals surface area (Å²) in [4.78, 5) is 11.1. The second kappa shape index (κ2) is 12.8. The number of halogens is 4. The van der Waals surface area contributed by atoms with Crippen LogP contribution >= 0.6 is 24.0 Å². The summed E-state index contributed by atoms with van der Waals surface area (Å²) in [6.07, 6.45) is -1.99. The van der Waals surface area contributed by atoms with Crippen molar-refractivity contribution in [2.45, 2.75) is 19.0 Å². The fourth-order valence-electron chi connectivity index (χ4n) is 4.26. The van der Waals surface area contributed by atoms with Crippen LogP contribution in [0.15, 0.2) is 29.3 Å². The zero-order chi connectivity index (χ0) is 22.3. The number of nitrogens with one attached hydrogen (secondary N) is 1. The predicted octanol–water partition coefficient (Wildman–Crippen LogP) is 3.38. The maximum Gasteiger partial charge on any atom is 0.416 e. The van der Waals surface area contributed by atoms with Crippen LogP contribution in [-0.4, -0.2) is 88.9 Å². The number of anilines is 1. The molecule has 2 aliphatic heterocycles. The van der Waals surface area contributed by atoms with Gasteiger partial charge in [0.2, 0.25) is 0 Å². The van der Waals surface area contributed by atoms with Crippen LogP contribution in [0.2, 0.25) is 0 Å². The number of methoxy groups -OCH3 is 1. The van der Waals surface area contributed by atoms with Crippen LogP contribution in [0.4, 0.5) is 18.9 Å². The quantitative estimate of drug-likeness (QED) is 0.324. The third-order valence-corrected chi connectivity index (χ3v) is 6.20. The van der Waals surface area contributed by atoms with E-state index in [1.54, 1.807) is 20.2 Å². The van der Waals surface area contributed by atoms with Gasteiger partial charge >= 0.3 is 6.18 Å². The van der Waals surface area contributed by atoms with E-state index < -0.39 is 11.7 Å². The number of alkyl halides is 3. The SMILES string of the molecule is CN=C(NCC1CCN(CCOC)CC1)N1CCN(c2cccc(C(F)(F)F)c2)CC1.I. The lowest BCUT2D eigenvalue weighted by Crippen LogP contribution is -2.53. The largest absolute Gasteiger partial charge is 0.416 e. The number of piperidine rings is 1. The number of likely N-dealkylation sites (tertiary alicyclic amines) is 1. The Kier molecular flexibility index (Phi) is 10.8. The Morgan fingerprint density at radius 3 is 2.41 bits per heavy atom. The van der Waals surface area contributed by atoms with Crippen molar-refractivity contribution in [3.8, 4) is 0 Å². The number of guanidine groups is 1. The maximum atomic E-state index is 13.0. The second-order valence-corrected chi connectivity index (χ2v) is 8.23. The molecular formula is C22H35F3IN5O. The van der Waals surface area contributed by atoms with E-state index in [0.717, 1.165) is 70.7 Å². The van der Waals surface area contributed by atoms with Crippen molar-refractivity contribution in [1.82, 2.24) is 15.1 Å². The highest BCUT2D eigenvalue weighted by Crippen LogP contribution is 2.31. The Balaban J connectivity index is 0.00000363. The summed E-state index contributed by atoms with van der Waals surface area (Å²) in [6, 6.07) is 5.58. The number of aliphatic imine (C=N–C) groups is 1. The molecule has 3 rings (SSSR count). The number of nitrogens with zero attached hydrogens (tertiary/aromatic N) is 4. The summed E-state index contributed by atoms with van der Waals surface area (Å²) in [5.74, 6) is 1.51. The van der Waals surface area contributed by atoms with E-state index in [9.17, 15) is 13.2 Å². The Labute approximate surface area is 206 Å². The number of piperazine rings is 1. The van der Waals surface area contributed by atoms with Crippen LogP contribution in [0.25, 0.3) is 0 Å². The van der Waals surface area contributed by atoms with Crippen LogP contribution in [0.3, 0.4) is 0 Å². The number of rotatable bonds is 6. The summed E-state index contributed by atoms with van der Waals surface area (Å²) in [7, 11) is 3.52. The monoisotopic (exact) mass is 569 g/mol. The van der Waals surface area contributed by atoms with E-state index in [4.69, 9.17) is 4.74 Å². The molecule has 1 aromatic carbocycles. The van der Waals surface area contributed by atoms with Crippen molar-refractivity contribution >= 4 is 35.6 Å². The summed E-state index contributed by atoms with van der Waals surface area (Å²) in [6.45, 7) is 7.67. The van der Waals surface area contributed by atoms with E-state index in [-0.39, 0.29) is 24.0 Å². The van der Waals surface area contributed by atoms with Crippen molar-refractivity contribution in [2.24, 2.45) is 10.9 Å². The van der Waals surface area contributed by atoms with Gasteiger partial charge in [0.05, 0.1) is 12.2 Å². The molecule has 6 nitrogen and oxygen atoms in total. The molecule has 0 amide bonds. The van der Waals surface area contributed by atoms with Gasteiger partial charge in [-0.25, -0.2) is 0 Å². The first-order valence-corrected chi connectivity index (χ1v) is 11.0. The van der Waals surface area contributed by atoms with Gasteiger partial charge in [-0.3, -0.25) is 4.99 Å². The smallest absolute Gasteiger partial charge is 0.383 e. The molecule has 0 spiro atoms. The lowest BCUT2D eigenvalue weighted by molar-refractivity contribution is -0.137. The van der Waals surface area contributed by atoms with E-state index in [2.05, 4.69) is 20.1 Å². The molecule has 1 aromatic rings. The van der Waals surface area contributed by atoms with Crippen LogP contribution in [0.1, 0.15) is 18.4 Å². The molecule has 0 aliphatic carbocycles. The molecule has 0 unspecified atom stereocenters. The van der Waals surface area contributed by atoms with Crippen LogP contribution in [0.5, 0.6) is 0 Å². The van der Waals surface area contributed by atoms with Gasteiger partial charge in [0.25, 0.3) is 0 Å².